The van der Waals surface area contributed by atoms with Crippen molar-refractivity contribution >= 4 is 0 Å². The SMILES string of the molecule is CNC1CCC(C(C)(C)C)CC1CN(C)C1CCOCC1. The molecule has 0 aromatic carbocycles. The molecule has 1 heterocycles. The zero-order chi connectivity index (χ0) is 15.5. The molecule has 2 fully saturated rings. The molecular weight excluding hydrogens is 260 g/mol. The topological polar surface area (TPSA) is 24.5 Å². The van der Waals surface area contributed by atoms with Gasteiger partial charge in [-0.2, -0.15) is 0 Å². The fraction of sp³-hybridized carbons (Fsp3) is 1.00. The van der Waals surface area contributed by atoms with E-state index in [2.05, 4.69) is 45.1 Å². The van der Waals surface area contributed by atoms with Crippen molar-refractivity contribution < 1.29 is 4.74 Å². The minimum atomic E-state index is 0.453. The molecule has 0 bridgehead atoms. The quantitative estimate of drug-likeness (QED) is 0.862. The molecule has 3 unspecified atom stereocenters. The summed E-state index contributed by atoms with van der Waals surface area (Å²) in [7, 11) is 4.47. The number of hydrogen-bond acceptors (Lipinski definition) is 3. The Morgan fingerprint density at radius 3 is 2.33 bits per heavy atom. The summed E-state index contributed by atoms with van der Waals surface area (Å²) in [5, 5.41) is 3.58. The highest BCUT2D eigenvalue weighted by atomic mass is 16.5. The first kappa shape index (κ1) is 17.2. The van der Waals surface area contributed by atoms with Gasteiger partial charge < -0.3 is 15.0 Å². The predicted molar refractivity (Wildman–Crippen MR) is 89.6 cm³/mol. The van der Waals surface area contributed by atoms with E-state index in [1.54, 1.807) is 0 Å². The third-order valence-corrected chi connectivity index (χ3v) is 5.91. The summed E-state index contributed by atoms with van der Waals surface area (Å²) in [4.78, 5) is 2.61. The molecule has 1 aliphatic carbocycles. The molecule has 0 radical (unpaired) electrons. The Morgan fingerprint density at radius 1 is 1.10 bits per heavy atom. The molecule has 3 heteroatoms. The zero-order valence-electron chi connectivity index (χ0n) is 14.8. The summed E-state index contributed by atoms with van der Waals surface area (Å²) in [5.74, 6) is 1.66. The van der Waals surface area contributed by atoms with Gasteiger partial charge in [-0.05, 0) is 63.5 Å². The van der Waals surface area contributed by atoms with E-state index in [0.29, 0.717) is 11.5 Å². The Hall–Kier alpha value is -0.120. The van der Waals surface area contributed by atoms with Crippen LogP contribution in [0.3, 0.4) is 0 Å². The van der Waals surface area contributed by atoms with Crippen molar-refractivity contribution in [3.05, 3.63) is 0 Å². The maximum absolute atomic E-state index is 5.50. The van der Waals surface area contributed by atoms with Crippen molar-refractivity contribution in [3.8, 4) is 0 Å². The van der Waals surface area contributed by atoms with E-state index in [1.165, 1.54) is 38.6 Å². The summed E-state index contributed by atoms with van der Waals surface area (Å²) in [6, 6.07) is 1.43. The molecule has 1 aliphatic heterocycles. The highest BCUT2D eigenvalue weighted by molar-refractivity contribution is 4.90. The number of rotatable bonds is 4. The number of nitrogens with one attached hydrogen (secondary N) is 1. The van der Waals surface area contributed by atoms with Gasteiger partial charge in [-0.3, -0.25) is 0 Å². The van der Waals surface area contributed by atoms with Crippen molar-refractivity contribution in [1.82, 2.24) is 10.2 Å². The van der Waals surface area contributed by atoms with E-state index in [4.69, 9.17) is 4.74 Å². The number of nitrogens with zero attached hydrogens (tertiary/aromatic N) is 1. The average Bonchev–Trinajstić information content (AvgIpc) is 2.47. The van der Waals surface area contributed by atoms with Gasteiger partial charge >= 0.3 is 0 Å². The molecule has 0 aromatic heterocycles. The summed E-state index contributed by atoms with van der Waals surface area (Å²) >= 11 is 0. The maximum atomic E-state index is 5.50. The van der Waals surface area contributed by atoms with Crippen LogP contribution in [0.5, 0.6) is 0 Å². The maximum Gasteiger partial charge on any atom is 0.0480 e. The number of hydrogen-bond donors (Lipinski definition) is 1. The van der Waals surface area contributed by atoms with Gasteiger partial charge in [0.05, 0.1) is 0 Å². The van der Waals surface area contributed by atoms with Crippen molar-refractivity contribution in [1.29, 1.82) is 0 Å². The van der Waals surface area contributed by atoms with Crippen LogP contribution >= 0.6 is 0 Å². The molecule has 2 aliphatic rings. The Bertz CT molecular complexity index is 307. The molecule has 0 spiro atoms. The summed E-state index contributed by atoms with van der Waals surface area (Å²) in [6.07, 6.45) is 6.51. The van der Waals surface area contributed by atoms with Crippen molar-refractivity contribution in [2.45, 2.75) is 65.0 Å². The molecule has 3 atom stereocenters. The van der Waals surface area contributed by atoms with E-state index in [9.17, 15) is 0 Å². The van der Waals surface area contributed by atoms with Crippen LogP contribution in [0.1, 0.15) is 52.9 Å². The van der Waals surface area contributed by atoms with Crippen LogP contribution in [0.15, 0.2) is 0 Å². The van der Waals surface area contributed by atoms with Gasteiger partial charge in [0.25, 0.3) is 0 Å². The first-order valence-corrected chi connectivity index (χ1v) is 8.87. The lowest BCUT2D eigenvalue weighted by molar-refractivity contribution is 0.0263. The largest absolute Gasteiger partial charge is 0.381 e. The molecule has 1 N–H and O–H groups in total. The normalized spacial score (nSPS) is 32.6. The van der Waals surface area contributed by atoms with Crippen LogP contribution in [0, 0.1) is 17.3 Å². The molecule has 3 nitrogen and oxygen atoms in total. The molecular formula is C18H36N2O. The van der Waals surface area contributed by atoms with Crippen molar-refractivity contribution in [2.24, 2.45) is 17.3 Å². The van der Waals surface area contributed by atoms with Gasteiger partial charge in [0.2, 0.25) is 0 Å². The van der Waals surface area contributed by atoms with Crippen LogP contribution < -0.4 is 5.32 Å². The smallest absolute Gasteiger partial charge is 0.0480 e. The monoisotopic (exact) mass is 296 g/mol. The van der Waals surface area contributed by atoms with E-state index >= 15 is 0 Å². The van der Waals surface area contributed by atoms with Gasteiger partial charge in [0.1, 0.15) is 0 Å². The van der Waals surface area contributed by atoms with Gasteiger partial charge in [-0.1, -0.05) is 20.8 Å². The zero-order valence-corrected chi connectivity index (χ0v) is 14.8. The lowest BCUT2D eigenvalue weighted by Crippen LogP contribution is -2.48. The highest BCUT2D eigenvalue weighted by Crippen LogP contribution is 2.40. The second-order valence-corrected chi connectivity index (χ2v) is 8.31. The van der Waals surface area contributed by atoms with E-state index in [0.717, 1.165) is 31.1 Å². The second-order valence-electron chi connectivity index (χ2n) is 8.31. The molecule has 0 aromatic rings. The van der Waals surface area contributed by atoms with Crippen molar-refractivity contribution in [3.63, 3.8) is 0 Å². The predicted octanol–water partition coefficient (Wildman–Crippen LogP) is 3.15. The first-order chi connectivity index (χ1) is 9.91. The molecule has 1 saturated heterocycles. The molecule has 1 saturated carbocycles. The Balaban J connectivity index is 1.93. The average molecular weight is 296 g/mol. The molecule has 2 rings (SSSR count). The minimum absolute atomic E-state index is 0.453. The van der Waals surface area contributed by atoms with E-state index < -0.39 is 0 Å². The Morgan fingerprint density at radius 2 is 1.76 bits per heavy atom. The molecule has 0 amide bonds. The highest BCUT2D eigenvalue weighted by Gasteiger charge is 2.36. The van der Waals surface area contributed by atoms with Crippen molar-refractivity contribution in [2.75, 3.05) is 33.9 Å². The fourth-order valence-corrected chi connectivity index (χ4v) is 4.28. The molecule has 124 valence electrons. The van der Waals surface area contributed by atoms with Gasteiger partial charge in [0, 0.05) is 31.8 Å². The van der Waals surface area contributed by atoms with E-state index in [-0.39, 0.29) is 0 Å². The minimum Gasteiger partial charge on any atom is -0.381 e. The Kier molecular flexibility index (Phi) is 6.10. The van der Waals surface area contributed by atoms with Crippen LogP contribution in [0.4, 0.5) is 0 Å². The summed E-state index contributed by atoms with van der Waals surface area (Å²) in [6.45, 7) is 10.4. The standard InChI is InChI=1S/C18H36N2O/c1-18(2,3)15-6-7-17(19-4)14(12-15)13-20(5)16-8-10-21-11-9-16/h14-17,19H,6-13H2,1-5H3. The van der Waals surface area contributed by atoms with Crippen LogP contribution in [-0.4, -0.2) is 50.8 Å². The Labute approximate surface area is 131 Å². The fourth-order valence-electron chi connectivity index (χ4n) is 4.28. The third-order valence-electron chi connectivity index (χ3n) is 5.91. The third kappa shape index (κ3) is 4.67. The first-order valence-electron chi connectivity index (χ1n) is 8.87. The van der Waals surface area contributed by atoms with E-state index in [1.807, 2.05) is 0 Å². The number of ether oxygens (including phenoxy) is 1. The van der Waals surface area contributed by atoms with Crippen LogP contribution in [-0.2, 0) is 4.74 Å². The van der Waals surface area contributed by atoms with Gasteiger partial charge in [-0.25, -0.2) is 0 Å². The summed E-state index contributed by atoms with van der Waals surface area (Å²) < 4.78 is 5.50. The summed E-state index contributed by atoms with van der Waals surface area (Å²) in [5.41, 5.74) is 0.453. The van der Waals surface area contributed by atoms with Crippen LogP contribution in [0.2, 0.25) is 0 Å². The second kappa shape index (κ2) is 7.43. The van der Waals surface area contributed by atoms with Gasteiger partial charge in [0.15, 0.2) is 0 Å². The molecule has 21 heavy (non-hydrogen) atoms. The lowest BCUT2D eigenvalue weighted by Gasteiger charge is -2.44. The lowest BCUT2D eigenvalue weighted by atomic mass is 9.67. The van der Waals surface area contributed by atoms with Crippen LogP contribution in [0.25, 0.3) is 0 Å². The van der Waals surface area contributed by atoms with Gasteiger partial charge in [-0.15, -0.1) is 0 Å².